The second-order valence-corrected chi connectivity index (χ2v) is 5.46. The van der Waals surface area contributed by atoms with E-state index in [1.165, 1.54) is 6.20 Å². The van der Waals surface area contributed by atoms with Gasteiger partial charge in [-0.25, -0.2) is 0 Å². The second-order valence-electron chi connectivity index (χ2n) is 5.46. The summed E-state index contributed by atoms with van der Waals surface area (Å²) in [6.07, 6.45) is 0.836. The first-order valence-corrected chi connectivity index (χ1v) is 5.88. The number of carbonyl (C=O) groups is 1. The van der Waals surface area contributed by atoms with E-state index in [0.29, 0.717) is 5.56 Å². The van der Waals surface area contributed by atoms with Crippen LogP contribution in [0.2, 0.25) is 0 Å². The monoisotopic (exact) mass is 252 g/mol. The van der Waals surface area contributed by atoms with Gasteiger partial charge in [0, 0.05) is 12.7 Å². The summed E-state index contributed by atoms with van der Waals surface area (Å²) in [6.45, 7) is 7.46. The van der Waals surface area contributed by atoms with Gasteiger partial charge in [-0.15, -0.1) is 0 Å². The average molecular weight is 252 g/mol. The molecule has 0 aliphatic carbocycles. The average Bonchev–Trinajstić information content (AvgIpc) is 2.24. The SMILES string of the molecule is Cc1cc[nH]c(=O)c1C(=O)NCC(O)C(C)(C)C. The number of pyridine rings is 1. The van der Waals surface area contributed by atoms with E-state index >= 15 is 0 Å². The predicted octanol–water partition coefficient (Wildman–Crippen LogP) is 0.820. The van der Waals surface area contributed by atoms with Crippen molar-refractivity contribution in [1.82, 2.24) is 10.3 Å². The van der Waals surface area contributed by atoms with Gasteiger partial charge in [-0.05, 0) is 24.0 Å². The Balaban J connectivity index is 2.76. The summed E-state index contributed by atoms with van der Waals surface area (Å²) in [5.74, 6) is -0.461. The van der Waals surface area contributed by atoms with Crippen molar-refractivity contribution in [1.29, 1.82) is 0 Å². The Kier molecular flexibility index (Phi) is 4.29. The maximum atomic E-state index is 11.9. The molecule has 0 saturated heterocycles. The van der Waals surface area contributed by atoms with Gasteiger partial charge in [-0.2, -0.15) is 0 Å². The first kappa shape index (κ1) is 14.4. The number of aliphatic hydroxyl groups is 1. The van der Waals surface area contributed by atoms with Gasteiger partial charge in [0.15, 0.2) is 0 Å². The van der Waals surface area contributed by atoms with Crippen LogP contribution in [0.3, 0.4) is 0 Å². The van der Waals surface area contributed by atoms with E-state index in [-0.39, 0.29) is 17.5 Å². The standard InChI is InChI=1S/C13H20N2O3/c1-8-5-6-14-11(17)10(8)12(18)15-7-9(16)13(2,3)4/h5-6,9,16H,7H2,1-4H3,(H,14,17)(H,15,18). The zero-order valence-electron chi connectivity index (χ0n) is 11.2. The van der Waals surface area contributed by atoms with Gasteiger partial charge in [0.05, 0.1) is 6.10 Å². The number of carbonyl (C=O) groups excluding carboxylic acids is 1. The van der Waals surface area contributed by atoms with Crippen LogP contribution in [0.25, 0.3) is 0 Å². The lowest BCUT2D eigenvalue weighted by Crippen LogP contribution is -2.40. The molecule has 1 heterocycles. The molecule has 1 unspecified atom stereocenters. The summed E-state index contributed by atoms with van der Waals surface area (Å²) < 4.78 is 0. The van der Waals surface area contributed by atoms with Crippen molar-refractivity contribution < 1.29 is 9.90 Å². The number of hydrogen-bond acceptors (Lipinski definition) is 3. The molecule has 5 heteroatoms. The Labute approximate surface area is 106 Å². The van der Waals surface area contributed by atoms with Crippen LogP contribution in [0.5, 0.6) is 0 Å². The highest BCUT2D eigenvalue weighted by atomic mass is 16.3. The molecule has 100 valence electrons. The number of aromatic nitrogens is 1. The van der Waals surface area contributed by atoms with E-state index in [1.807, 2.05) is 20.8 Å². The zero-order valence-corrected chi connectivity index (χ0v) is 11.2. The fraction of sp³-hybridized carbons (Fsp3) is 0.538. The zero-order chi connectivity index (χ0) is 13.9. The molecule has 3 N–H and O–H groups in total. The molecular formula is C13H20N2O3. The minimum absolute atomic E-state index is 0.0959. The van der Waals surface area contributed by atoms with Crippen LogP contribution in [0, 0.1) is 12.3 Å². The number of rotatable bonds is 3. The largest absolute Gasteiger partial charge is 0.391 e. The van der Waals surface area contributed by atoms with Crippen LogP contribution < -0.4 is 10.9 Å². The molecule has 0 aliphatic rings. The lowest BCUT2D eigenvalue weighted by Gasteiger charge is -2.25. The molecular weight excluding hydrogens is 232 g/mol. The smallest absolute Gasteiger partial charge is 0.261 e. The van der Waals surface area contributed by atoms with E-state index < -0.39 is 17.6 Å². The van der Waals surface area contributed by atoms with E-state index in [4.69, 9.17) is 0 Å². The quantitative estimate of drug-likeness (QED) is 0.745. The Hall–Kier alpha value is -1.62. The molecule has 0 aromatic carbocycles. The summed E-state index contributed by atoms with van der Waals surface area (Å²) in [5, 5.41) is 12.4. The van der Waals surface area contributed by atoms with Crippen molar-refractivity contribution in [2.24, 2.45) is 5.41 Å². The molecule has 0 saturated carbocycles. The Bertz CT molecular complexity index is 486. The van der Waals surface area contributed by atoms with E-state index in [1.54, 1.807) is 13.0 Å². The topological polar surface area (TPSA) is 82.2 Å². The molecule has 18 heavy (non-hydrogen) atoms. The Morgan fingerprint density at radius 3 is 2.61 bits per heavy atom. The van der Waals surface area contributed by atoms with Gasteiger partial charge in [-0.1, -0.05) is 20.8 Å². The molecule has 0 fully saturated rings. The molecule has 0 bridgehead atoms. The summed E-state index contributed by atoms with van der Waals surface area (Å²) >= 11 is 0. The molecule has 1 aromatic rings. The van der Waals surface area contributed by atoms with Crippen LogP contribution in [-0.2, 0) is 0 Å². The van der Waals surface area contributed by atoms with E-state index in [0.717, 1.165) is 0 Å². The first-order chi connectivity index (χ1) is 8.23. The first-order valence-electron chi connectivity index (χ1n) is 5.88. The van der Waals surface area contributed by atoms with Gasteiger partial charge >= 0.3 is 0 Å². The van der Waals surface area contributed by atoms with Crippen LogP contribution in [0.4, 0.5) is 0 Å². The summed E-state index contributed by atoms with van der Waals surface area (Å²) in [6, 6.07) is 1.66. The molecule has 0 aliphatic heterocycles. The fourth-order valence-electron chi connectivity index (χ4n) is 1.44. The van der Waals surface area contributed by atoms with Crippen molar-refractivity contribution >= 4 is 5.91 Å². The van der Waals surface area contributed by atoms with Crippen molar-refractivity contribution in [3.8, 4) is 0 Å². The summed E-state index contributed by atoms with van der Waals surface area (Å²) in [7, 11) is 0. The third-order valence-electron chi connectivity index (χ3n) is 2.85. The van der Waals surface area contributed by atoms with Gasteiger partial charge < -0.3 is 15.4 Å². The van der Waals surface area contributed by atoms with Crippen molar-refractivity contribution in [3.05, 3.63) is 33.7 Å². The van der Waals surface area contributed by atoms with Gasteiger partial charge in [0.2, 0.25) is 0 Å². The number of aryl methyl sites for hydroxylation is 1. The summed E-state index contributed by atoms with van der Waals surface area (Å²) in [5.41, 5.74) is -0.0244. The maximum absolute atomic E-state index is 11.9. The van der Waals surface area contributed by atoms with Crippen LogP contribution in [0.1, 0.15) is 36.7 Å². The number of amides is 1. The maximum Gasteiger partial charge on any atom is 0.261 e. The van der Waals surface area contributed by atoms with Crippen molar-refractivity contribution in [2.75, 3.05) is 6.54 Å². The minimum Gasteiger partial charge on any atom is -0.391 e. The molecule has 1 rings (SSSR count). The van der Waals surface area contributed by atoms with Gasteiger partial charge in [-0.3, -0.25) is 9.59 Å². The molecule has 1 aromatic heterocycles. The normalized spacial score (nSPS) is 13.2. The van der Waals surface area contributed by atoms with E-state index in [9.17, 15) is 14.7 Å². The second kappa shape index (κ2) is 5.35. The van der Waals surface area contributed by atoms with Crippen LogP contribution >= 0.6 is 0 Å². The molecule has 0 radical (unpaired) electrons. The number of hydrogen-bond donors (Lipinski definition) is 3. The number of aromatic amines is 1. The Morgan fingerprint density at radius 2 is 2.11 bits per heavy atom. The highest BCUT2D eigenvalue weighted by Crippen LogP contribution is 2.18. The Morgan fingerprint density at radius 1 is 1.50 bits per heavy atom. The predicted molar refractivity (Wildman–Crippen MR) is 69.6 cm³/mol. The molecule has 5 nitrogen and oxygen atoms in total. The number of H-pyrrole nitrogens is 1. The molecule has 1 atom stereocenters. The number of aliphatic hydroxyl groups excluding tert-OH is 1. The van der Waals surface area contributed by atoms with E-state index in [2.05, 4.69) is 10.3 Å². The molecule has 1 amide bonds. The lowest BCUT2D eigenvalue weighted by molar-refractivity contribution is 0.0586. The lowest BCUT2D eigenvalue weighted by atomic mass is 9.89. The third-order valence-corrected chi connectivity index (χ3v) is 2.85. The fourth-order valence-corrected chi connectivity index (χ4v) is 1.44. The van der Waals surface area contributed by atoms with Crippen molar-refractivity contribution in [2.45, 2.75) is 33.8 Å². The molecule has 0 spiro atoms. The highest BCUT2D eigenvalue weighted by molar-refractivity contribution is 5.95. The van der Waals surface area contributed by atoms with Gasteiger partial charge in [0.25, 0.3) is 11.5 Å². The van der Waals surface area contributed by atoms with Crippen LogP contribution in [0.15, 0.2) is 17.1 Å². The minimum atomic E-state index is -0.662. The summed E-state index contributed by atoms with van der Waals surface area (Å²) in [4.78, 5) is 25.9. The highest BCUT2D eigenvalue weighted by Gasteiger charge is 2.23. The third kappa shape index (κ3) is 3.43. The van der Waals surface area contributed by atoms with Crippen molar-refractivity contribution in [3.63, 3.8) is 0 Å². The van der Waals surface area contributed by atoms with Gasteiger partial charge in [0.1, 0.15) is 5.56 Å². The van der Waals surface area contributed by atoms with Crippen LogP contribution in [-0.4, -0.2) is 28.6 Å². The number of nitrogens with one attached hydrogen (secondary N) is 2.